The summed E-state index contributed by atoms with van der Waals surface area (Å²) in [5.41, 5.74) is 4.37. The lowest BCUT2D eigenvalue weighted by molar-refractivity contribution is -0.150. The molecule has 0 aromatic heterocycles. The highest BCUT2D eigenvalue weighted by Gasteiger charge is 2.66. The predicted octanol–water partition coefficient (Wildman–Crippen LogP) is 8.36. The number of ether oxygens (including phenoxy) is 1. The van der Waals surface area contributed by atoms with E-state index in [1.54, 1.807) is 12.5 Å². The maximum absolute atomic E-state index is 12.3. The van der Waals surface area contributed by atoms with Crippen LogP contribution in [-0.4, -0.2) is 23.7 Å². The molecule has 3 aliphatic rings. The summed E-state index contributed by atoms with van der Waals surface area (Å²) >= 11 is 0. The molecule has 3 rings (SSSR count). The van der Waals surface area contributed by atoms with Crippen LogP contribution < -0.4 is 0 Å². The normalized spacial score (nSPS) is 37.2. The van der Waals surface area contributed by atoms with Crippen LogP contribution in [0.25, 0.3) is 0 Å². The van der Waals surface area contributed by atoms with E-state index in [4.69, 9.17) is 4.74 Å². The van der Waals surface area contributed by atoms with Crippen LogP contribution in [0.1, 0.15) is 120 Å². The summed E-state index contributed by atoms with van der Waals surface area (Å²) < 4.78 is 5.31. The molecule has 0 aromatic carbocycles. The highest BCUT2D eigenvalue weighted by molar-refractivity contribution is 5.85. The van der Waals surface area contributed by atoms with E-state index in [-0.39, 0.29) is 11.4 Å². The standard InChI is InChI=1S/C32H52O4/c1-9-36-28(33)16-14-26-24(21(2)3)13-15-27-30(26,6)19-20-31(7)25(17-18-32(27,31)8)22(4)11-10-12-23(5)29(34)35/h12,22,25-27H,9-11,13-20H2,1-8H3,(H,34,35)/b23-12+/t22?,25-,26-,27?,30+,31-,32+/m1/s1. The molecular formula is C32H52O4. The van der Waals surface area contributed by atoms with Gasteiger partial charge < -0.3 is 9.84 Å². The van der Waals surface area contributed by atoms with Crippen molar-refractivity contribution in [2.24, 2.45) is 39.9 Å². The molecule has 1 N–H and O–H groups in total. The SMILES string of the molecule is CCOC(=O)CC[C@@H]1C(=C(C)C)CCC2[C@]3(C)CC[C@H](C(C)CC/C=C(\C)C(=O)O)[C@@]3(C)CC[C@]21C. The quantitative estimate of drug-likeness (QED) is 0.196. The van der Waals surface area contributed by atoms with Gasteiger partial charge in [-0.05, 0) is 125 Å². The second-order valence-electron chi connectivity index (χ2n) is 13.2. The van der Waals surface area contributed by atoms with E-state index >= 15 is 0 Å². The molecule has 0 heterocycles. The van der Waals surface area contributed by atoms with E-state index in [2.05, 4.69) is 41.5 Å². The van der Waals surface area contributed by atoms with E-state index < -0.39 is 5.97 Å². The Morgan fingerprint density at radius 3 is 2.39 bits per heavy atom. The predicted molar refractivity (Wildman–Crippen MR) is 147 cm³/mol. The van der Waals surface area contributed by atoms with Crippen molar-refractivity contribution in [2.75, 3.05) is 6.61 Å². The van der Waals surface area contributed by atoms with Crippen LogP contribution in [0.15, 0.2) is 22.8 Å². The minimum absolute atomic E-state index is 0.0508. The van der Waals surface area contributed by atoms with E-state index in [1.165, 1.54) is 44.1 Å². The molecule has 0 bridgehead atoms. The number of carboxylic acid groups (broad SMARTS) is 1. The van der Waals surface area contributed by atoms with Gasteiger partial charge in [0, 0.05) is 12.0 Å². The Morgan fingerprint density at radius 1 is 1.08 bits per heavy atom. The third-order valence-corrected chi connectivity index (χ3v) is 11.4. The fourth-order valence-corrected chi connectivity index (χ4v) is 9.26. The minimum Gasteiger partial charge on any atom is -0.478 e. The third-order valence-electron chi connectivity index (χ3n) is 11.4. The number of carbonyl (C=O) groups excluding carboxylic acids is 1. The van der Waals surface area contributed by atoms with Gasteiger partial charge in [-0.2, -0.15) is 0 Å². The zero-order chi connectivity index (χ0) is 26.9. The smallest absolute Gasteiger partial charge is 0.330 e. The number of aliphatic carboxylic acids is 1. The van der Waals surface area contributed by atoms with Gasteiger partial charge in [0.2, 0.25) is 0 Å². The van der Waals surface area contributed by atoms with Gasteiger partial charge in [0.05, 0.1) is 6.61 Å². The van der Waals surface area contributed by atoms with Crippen molar-refractivity contribution < 1.29 is 19.4 Å². The molecule has 7 atom stereocenters. The Balaban J connectivity index is 1.84. The summed E-state index contributed by atoms with van der Waals surface area (Å²) in [5, 5.41) is 9.19. The average Bonchev–Trinajstić information content (AvgIpc) is 3.08. The zero-order valence-electron chi connectivity index (χ0n) is 24.3. The molecule has 204 valence electrons. The molecule has 0 spiro atoms. The summed E-state index contributed by atoms with van der Waals surface area (Å²) in [6, 6.07) is 0. The lowest BCUT2D eigenvalue weighted by Gasteiger charge is -2.65. The van der Waals surface area contributed by atoms with Crippen molar-refractivity contribution in [2.45, 2.75) is 120 Å². The second-order valence-corrected chi connectivity index (χ2v) is 13.2. The monoisotopic (exact) mass is 500 g/mol. The molecule has 0 saturated heterocycles. The molecule has 2 unspecified atom stereocenters. The number of allylic oxidation sites excluding steroid dienone is 3. The number of esters is 1. The molecule has 3 fully saturated rings. The molecule has 0 radical (unpaired) electrons. The molecule has 4 heteroatoms. The number of carboxylic acids is 1. The maximum Gasteiger partial charge on any atom is 0.330 e. The van der Waals surface area contributed by atoms with Crippen LogP contribution in [0, 0.1) is 39.9 Å². The molecule has 0 aromatic rings. The van der Waals surface area contributed by atoms with Crippen molar-refractivity contribution in [3.05, 3.63) is 22.8 Å². The van der Waals surface area contributed by atoms with Crippen LogP contribution in [0.2, 0.25) is 0 Å². The van der Waals surface area contributed by atoms with E-state index in [9.17, 15) is 14.7 Å². The Kier molecular flexibility index (Phi) is 8.88. The van der Waals surface area contributed by atoms with Gasteiger partial charge in [-0.1, -0.05) is 44.9 Å². The summed E-state index contributed by atoms with van der Waals surface area (Å²) in [6.45, 7) is 18.7. The Hall–Kier alpha value is -1.58. The van der Waals surface area contributed by atoms with Crippen LogP contribution in [0.4, 0.5) is 0 Å². The molecule has 0 amide bonds. The van der Waals surface area contributed by atoms with Crippen LogP contribution in [0.5, 0.6) is 0 Å². The van der Waals surface area contributed by atoms with Crippen LogP contribution in [0.3, 0.4) is 0 Å². The number of hydrogen-bond acceptors (Lipinski definition) is 3. The second kappa shape index (κ2) is 11.0. The molecular weight excluding hydrogens is 448 g/mol. The highest BCUT2D eigenvalue weighted by atomic mass is 16.5. The Morgan fingerprint density at radius 2 is 1.78 bits per heavy atom. The van der Waals surface area contributed by atoms with Crippen molar-refractivity contribution in [1.29, 1.82) is 0 Å². The fraction of sp³-hybridized carbons (Fsp3) is 0.812. The Bertz CT molecular complexity index is 896. The zero-order valence-corrected chi connectivity index (χ0v) is 24.3. The van der Waals surface area contributed by atoms with Gasteiger partial charge in [-0.15, -0.1) is 0 Å². The van der Waals surface area contributed by atoms with Crippen LogP contribution >= 0.6 is 0 Å². The highest BCUT2D eigenvalue weighted by Crippen LogP contribution is 2.74. The van der Waals surface area contributed by atoms with Gasteiger partial charge >= 0.3 is 11.9 Å². The van der Waals surface area contributed by atoms with Gasteiger partial charge in [0.15, 0.2) is 0 Å². The van der Waals surface area contributed by atoms with Crippen molar-refractivity contribution in [3.8, 4) is 0 Å². The first-order chi connectivity index (χ1) is 16.8. The third kappa shape index (κ3) is 5.07. The number of carbonyl (C=O) groups is 2. The van der Waals surface area contributed by atoms with Gasteiger partial charge in [-0.25, -0.2) is 4.79 Å². The molecule has 4 nitrogen and oxygen atoms in total. The number of hydrogen-bond donors (Lipinski definition) is 1. The summed E-state index contributed by atoms with van der Waals surface area (Å²) in [5.74, 6) is 1.56. The first-order valence-electron chi connectivity index (χ1n) is 14.5. The van der Waals surface area contributed by atoms with Crippen molar-refractivity contribution >= 4 is 11.9 Å². The fourth-order valence-electron chi connectivity index (χ4n) is 9.26. The van der Waals surface area contributed by atoms with E-state index in [1.807, 2.05) is 13.0 Å². The first-order valence-corrected chi connectivity index (χ1v) is 14.5. The molecule has 0 aliphatic heterocycles. The largest absolute Gasteiger partial charge is 0.478 e. The molecule has 3 aliphatic carbocycles. The van der Waals surface area contributed by atoms with Crippen molar-refractivity contribution in [1.82, 2.24) is 0 Å². The van der Waals surface area contributed by atoms with E-state index in [0.29, 0.717) is 53.1 Å². The van der Waals surface area contributed by atoms with E-state index in [0.717, 1.165) is 19.3 Å². The lowest BCUT2D eigenvalue weighted by Crippen LogP contribution is -2.57. The molecule has 3 saturated carbocycles. The number of fused-ring (bicyclic) bond motifs is 3. The van der Waals surface area contributed by atoms with Crippen LogP contribution in [-0.2, 0) is 14.3 Å². The summed E-state index contributed by atoms with van der Waals surface area (Å²) in [4.78, 5) is 23.5. The lowest BCUT2D eigenvalue weighted by atomic mass is 9.40. The summed E-state index contributed by atoms with van der Waals surface area (Å²) in [6.07, 6.45) is 12.7. The minimum atomic E-state index is -0.805. The van der Waals surface area contributed by atoms with Crippen molar-refractivity contribution in [3.63, 3.8) is 0 Å². The first kappa shape index (κ1) is 29.0. The molecule has 36 heavy (non-hydrogen) atoms. The maximum atomic E-state index is 12.3. The summed E-state index contributed by atoms with van der Waals surface area (Å²) in [7, 11) is 0. The topological polar surface area (TPSA) is 63.6 Å². The van der Waals surface area contributed by atoms with Gasteiger partial charge in [0.25, 0.3) is 0 Å². The van der Waals surface area contributed by atoms with Gasteiger partial charge in [0.1, 0.15) is 0 Å². The number of rotatable bonds is 9. The average molecular weight is 501 g/mol. The Labute approximate surface area is 220 Å². The van der Waals surface area contributed by atoms with Gasteiger partial charge in [-0.3, -0.25) is 4.79 Å².